The van der Waals surface area contributed by atoms with Crippen molar-refractivity contribution >= 4 is 38.4 Å². The first-order valence-electron chi connectivity index (χ1n) is 8.38. The van der Waals surface area contributed by atoms with Gasteiger partial charge in [0.15, 0.2) is 0 Å². The third kappa shape index (κ3) is 3.42. The molecule has 1 N–H and O–H groups in total. The van der Waals surface area contributed by atoms with Crippen molar-refractivity contribution in [2.24, 2.45) is 0 Å². The van der Waals surface area contributed by atoms with Crippen LogP contribution in [0, 0.1) is 11.3 Å². The molecule has 0 aliphatic heterocycles. The summed E-state index contributed by atoms with van der Waals surface area (Å²) in [4.78, 5) is 15.1. The molecule has 0 saturated heterocycles. The van der Waals surface area contributed by atoms with E-state index in [2.05, 4.69) is 27.0 Å². The molecule has 1 aromatic heterocycles. The standard InChI is InChI=1S/C21H18BrClN2O/c1-3-13-9-14-7-8-15(10-19(14)25-20(13)26)21(2,12-24)11-16-17(22)5-4-6-18(16)23/h4-10H,3,11H2,1-2H3,(H,25,26). The van der Waals surface area contributed by atoms with Gasteiger partial charge in [-0.15, -0.1) is 0 Å². The van der Waals surface area contributed by atoms with Crippen LogP contribution in [0.25, 0.3) is 10.9 Å². The van der Waals surface area contributed by atoms with E-state index in [1.165, 1.54) is 0 Å². The smallest absolute Gasteiger partial charge is 0.251 e. The van der Waals surface area contributed by atoms with Gasteiger partial charge in [0.2, 0.25) is 0 Å². The van der Waals surface area contributed by atoms with Gasteiger partial charge in [-0.05, 0) is 60.5 Å². The fourth-order valence-corrected chi connectivity index (χ4v) is 3.97. The zero-order valence-corrected chi connectivity index (χ0v) is 16.9. The highest BCUT2D eigenvalue weighted by Crippen LogP contribution is 2.35. The summed E-state index contributed by atoms with van der Waals surface area (Å²) in [5, 5.41) is 11.5. The van der Waals surface area contributed by atoms with Crippen LogP contribution < -0.4 is 5.56 Å². The Balaban J connectivity index is 2.10. The highest BCUT2D eigenvalue weighted by Gasteiger charge is 2.29. The molecule has 26 heavy (non-hydrogen) atoms. The van der Waals surface area contributed by atoms with Gasteiger partial charge in [0.25, 0.3) is 5.56 Å². The predicted molar refractivity (Wildman–Crippen MR) is 110 cm³/mol. The number of H-pyrrole nitrogens is 1. The van der Waals surface area contributed by atoms with Crippen LogP contribution in [0.5, 0.6) is 0 Å². The van der Waals surface area contributed by atoms with Crippen molar-refractivity contribution in [3.05, 3.63) is 79.0 Å². The number of aryl methyl sites for hydroxylation is 1. The minimum Gasteiger partial charge on any atom is -0.322 e. The van der Waals surface area contributed by atoms with E-state index in [1.807, 2.05) is 56.3 Å². The summed E-state index contributed by atoms with van der Waals surface area (Å²) in [6.45, 7) is 3.85. The molecule has 0 fully saturated rings. The Hall–Kier alpha value is -2.09. The van der Waals surface area contributed by atoms with Gasteiger partial charge in [0.05, 0.1) is 11.5 Å². The summed E-state index contributed by atoms with van der Waals surface area (Å²) in [6, 6.07) is 15.7. The molecule has 0 aliphatic carbocycles. The summed E-state index contributed by atoms with van der Waals surface area (Å²) in [7, 11) is 0. The van der Waals surface area contributed by atoms with Crippen LogP contribution in [0.2, 0.25) is 5.02 Å². The number of hydrogen-bond acceptors (Lipinski definition) is 2. The van der Waals surface area contributed by atoms with Crippen LogP contribution in [-0.2, 0) is 18.3 Å². The van der Waals surface area contributed by atoms with Crippen LogP contribution >= 0.6 is 27.5 Å². The van der Waals surface area contributed by atoms with Crippen molar-refractivity contribution in [2.45, 2.75) is 32.1 Å². The molecule has 1 heterocycles. The number of benzene rings is 2. The zero-order valence-electron chi connectivity index (χ0n) is 14.6. The molecule has 0 saturated carbocycles. The summed E-state index contributed by atoms with van der Waals surface area (Å²) < 4.78 is 0.883. The van der Waals surface area contributed by atoms with Crippen LogP contribution in [0.3, 0.4) is 0 Å². The van der Waals surface area contributed by atoms with Gasteiger partial charge in [0, 0.05) is 20.6 Å². The van der Waals surface area contributed by atoms with Crippen LogP contribution in [-0.4, -0.2) is 4.98 Å². The number of halogens is 2. The number of pyridine rings is 1. The van der Waals surface area contributed by atoms with Gasteiger partial charge in [-0.25, -0.2) is 0 Å². The minimum absolute atomic E-state index is 0.0790. The molecule has 2 aromatic carbocycles. The average molecular weight is 430 g/mol. The van der Waals surface area contributed by atoms with E-state index < -0.39 is 5.41 Å². The third-order valence-electron chi connectivity index (χ3n) is 4.78. The minimum atomic E-state index is -0.776. The van der Waals surface area contributed by atoms with Gasteiger partial charge in [0.1, 0.15) is 0 Å². The second-order valence-electron chi connectivity index (χ2n) is 6.60. The molecule has 1 unspecified atom stereocenters. The number of nitriles is 1. The van der Waals surface area contributed by atoms with E-state index in [4.69, 9.17) is 11.6 Å². The molecule has 0 spiro atoms. The summed E-state index contributed by atoms with van der Waals surface area (Å²) >= 11 is 9.87. The molecule has 0 radical (unpaired) electrons. The maximum absolute atomic E-state index is 12.1. The monoisotopic (exact) mass is 428 g/mol. The summed E-state index contributed by atoms with van der Waals surface area (Å²) in [6.07, 6.45) is 1.15. The lowest BCUT2D eigenvalue weighted by Gasteiger charge is -2.24. The number of rotatable bonds is 4. The first-order valence-corrected chi connectivity index (χ1v) is 9.55. The van der Waals surface area contributed by atoms with Gasteiger partial charge < -0.3 is 4.98 Å². The largest absolute Gasteiger partial charge is 0.322 e. The molecule has 0 bridgehead atoms. The Morgan fingerprint density at radius 1 is 1.27 bits per heavy atom. The topological polar surface area (TPSA) is 56.6 Å². The van der Waals surface area contributed by atoms with E-state index in [9.17, 15) is 10.1 Å². The molecule has 3 rings (SSSR count). The molecule has 0 amide bonds. The maximum Gasteiger partial charge on any atom is 0.251 e. The van der Waals surface area contributed by atoms with E-state index in [1.54, 1.807) is 0 Å². The molecule has 3 aromatic rings. The highest BCUT2D eigenvalue weighted by atomic mass is 79.9. The quantitative estimate of drug-likeness (QED) is 0.593. The maximum atomic E-state index is 12.1. The van der Waals surface area contributed by atoms with Crippen molar-refractivity contribution < 1.29 is 0 Å². The van der Waals surface area contributed by atoms with Crippen LogP contribution in [0.1, 0.15) is 30.5 Å². The third-order valence-corrected chi connectivity index (χ3v) is 5.88. The number of fused-ring (bicyclic) bond motifs is 1. The van der Waals surface area contributed by atoms with E-state index in [0.717, 1.165) is 32.1 Å². The van der Waals surface area contributed by atoms with Crippen molar-refractivity contribution in [1.82, 2.24) is 4.98 Å². The van der Waals surface area contributed by atoms with Gasteiger partial charge in [-0.2, -0.15) is 5.26 Å². The number of nitrogens with zero attached hydrogens (tertiary/aromatic N) is 1. The lowest BCUT2D eigenvalue weighted by molar-refractivity contribution is 0.606. The predicted octanol–water partition coefficient (Wildman–Crippen LogP) is 5.53. The molecular weight excluding hydrogens is 412 g/mol. The Kier molecular flexibility index (Phi) is 5.22. The van der Waals surface area contributed by atoms with Crippen LogP contribution in [0.15, 0.2) is 51.7 Å². The Bertz CT molecular complexity index is 1060. The molecule has 5 heteroatoms. The lowest BCUT2D eigenvalue weighted by Crippen LogP contribution is -2.23. The van der Waals surface area contributed by atoms with Crippen molar-refractivity contribution in [3.63, 3.8) is 0 Å². The number of hydrogen-bond donors (Lipinski definition) is 1. The van der Waals surface area contributed by atoms with Gasteiger partial charge >= 0.3 is 0 Å². The first-order chi connectivity index (χ1) is 12.4. The first kappa shape index (κ1) is 18.7. The number of nitrogens with one attached hydrogen (secondary N) is 1. The number of aromatic amines is 1. The average Bonchev–Trinajstić information content (AvgIpc) is 2.63. The molecular formula is C21H18BrClN2O. The second-order valence-corrected chi connectivity index (χ2v) is 7.86. The van der Waals surface area contributed by atoms with Crippen LogP contribution in [0.4, 0.5) is 0 Å². The SMILES string of the molecule is CCc1cc2ccc(C(C)(C#N)Cc3c(Cl)cccc3Br)cc2[nH]c1=O. The molecule has 3 nitrogen and oxygen atoms in total. The Labute approximate surface area is 165 Å². The van der Waals surface area contributed by atoms with Crippen molar-refractivity contribution in [1.29, 1.82) is 5.26 Å². The highest BCUT2D eigenvalue weighted by molar-refractivity contribution is 9.10. The Morgan fingerprint density at radius 3 is 2.69 bits per heavy atom. The summed E-state index contributed by atoms with van der Waals surface area (Å²) in [5.41, 5.74) is 2.39. The van der Waals surface area contributed by atoms with E-state index >= 15 is 0 Å². The second kappa shape index (κ2) is 7.26. The fraction of sp³-hybridized carbons (Fsp3) is 0.238. The van der Waals surface area contributed by atoms with Crippen molar-refractivity contribution in [3.8, 4) is 6.07 Å². The van der Waals surface area contributed by atoms with E-state index in [-0.39, 0.29) is 5.56 Å². The molecule has 132 valence electrons. The number of aromatic nitrogens is 1. The fourth-order valence-electron chi connectivity index (χ4n) is 3.11. The van der Waals surface area contributed by atoms with E-state index in [0.29, 0.717) is 17.9 Å². The summed E-state index contributed by atoms with van der Waals surface area (Å²) in [5.74, 6) is 0. The van der Waals surface area contributed by atoms with Gasteiger partial charge in [-0.1, -0.05) is 52.7 Å². The lowest BCUT2D eigenvalue weighted by atomic mass is 9.78. The Morgan fingerprint density at radius 2 is 2.04 bits per heavy atom. The normalized spacial score (nSPS) is 13.3. The molecule has 1 atom stereocenters. The van der Waals surface area contributed by atoms with Crippen molar-refractivity contribution in [2.75, 3.05) is 0 Å². The zero-order chi connectivity index (χ0) is 18.9. The van der Waals surface area contributed by atoms with Gasteiger partial charge in [-0.3, -0.25) is 4.79 Å². The molecule has 0 aliphatic rings.